The lowest BCUT2D eigenvalue weighted by Gasteiger charge is -2.26. The molecule has 0 aliphatic carbocycles. The Kier molecular flexibility index (Phi) is 7.61. The molecule has 0 unspecified atom stereocenters. The van der Waals surface area contributed by atoms with Crippen molar-refractivity contribution in [3.63, 3.8) is 0 Å². The predicted octanol–water partition coefficient (Wildman–Crippen LogP) is 5.20. The maximum absolute atomic E-state index is 13.4. The van der Waals surface area contributed by atoms with Crippen LogP contribution < -0.4 is 15.6 Å². The molecule has 0 spiro atoms. The van der Waals surface area contributed by atoms with Crippen LogP contribution in [0.3, 0.4) is 0 Å². The molecule has 4 aromatic rings. The fourth-order valence-electron chi connectivity index (χ4n) is 4.82. The third-order valence-electron chi connectivity index (χ3n) is 6.76. The van der Waals surface area contributed by atoms with Crippen LogP contribution in [0.5, 0.6) is 5.75 Å². The maximum Gasteiger partial charge on any atom is 0.265 e. The summed E-state index contributed by atoms with van der Waals surface area (Å²) in [5.41, 5.74) is 2.28. The van der Waals surface area contributed by atoms with Crippen LogP contribution in [0.4, 0.5) is 5.69 Å². The average molecular weight is 497 g/mol. The van der Waals surface area contributed by atoms with Crippen molar-refractivity contribution in [3.05, 3.63) is 94.5 Å². The molecule has 3 aromatic carbocycles. The highest BCUT2D eigenvalue weighted by atomic mass is 16.5. The normalized spacial score (nSPS) is 14.0. The number of aromatic nitrogens is 2. The molecule has 2 heterocycles. The third-order valence-corrected chi connectivity index (χ3v) is 6.76. The highest BCUT2D eigenvalue weighted by Crippen LogP contribution is 2.20. The van der Waals surface area contributed by atoms with Gasteiger partial charge in [0.1, 0.15) is 11.6 Å². The Morgan fingerprint density at radius 2 is 1.73 bits per heavy atom. The molecule has 7 heteroatoms. The van der Waals surface area contributed by atoms with Crippen LogP contribution in [0.1, 0.15) is 41.9 Å². The predicted molar refractivity (Wildman–Crippen MR) is 147 cm³/mol. The number of likely N-dealkylation sites (tertiary alicyclic amines) is 1. The standard InChI is InChI=1S/C30H32N4O3/c1-22-31-28-21-24(32-29(35)23-9-4-2-5-10-23)11-16-27(28)30(36)34(22)25-12-14-26(15-13-25)37-20-8-19-33-17-6-3-7-18-33/h2,4-5,9-16,21H,3,6-8,17-20H2,1H3,(H,32,35). The highest BCUT2D eigenvalue weighted by molar-refractivity contribution is 6.05. The monoisotopic (exact) mass is 496 g/mol. The van der Waals surface area contributed by atoms with Gasteiger partial charge in [-0.1, -0.05) is 24.6 Å². The largest absolute Gasteiger partial charge is 0.494 e. The first-order chi connectivity index (χ1) is 18.1. The SMILES string of the molecule is Cc1nc2cc(NC(=O)c3ccccc3)ccc2c(=O)n1-c1ccc(OCCCN2CCCCC2)cc1. The number of nitrogens with one attached hydrogen (secondary N) is 1. The minimum Gasteiger partial charge on any atom is -0.494 e. The number of benzene rings is 3. The summed E-state index contributed by atoms with van der Waals surface area (Å²) in [6.07, 6.45) is 4.96. The zero-order valence-electron chi connectivity index (χ0n) is 21.2. The number of rotatable bonds is 8. The van der Waals surface area contributed by atoms with E-state index in [2.05, 4.69) is 15.2 Å². The average Bonchev–Trinajstić information content (AvgIpc) is 2.93. The van der Waals surface area contributed by atoms with Gasteiger partial charge in [-0.05, 0) is 93.9 Å². The van der Waals surface area contributed by atoms with Gasteiger partial charge in [-0.25, -0.2) is 4.98 Å². The molecule has 0 bridgehead atoms. The summed E-state index contributed by atoms with van der Waals surface area (Å²) >= 11 is 0. The first-order valence-electron chi connectivity index (χ1n) is 12.9. The minimum atomic E-state index is -0.209. The molecule has 1 N–H and O–H groups in total. The second-order valence-electron chi connectivity index (χ2n) is 9.45. The van der Waals surface area contributed by atoms with E-state index in [9.17, 15) is 9.59 Å². The molecule has 1 aromatic heterocycles. The van der Waals surface area contributed by atoms with Crippen molar-refractivity contribution in [1.82, 2.24) is 14.5 Å². The molecule has 37 heavy (non-hydrogen) atoms. The lowest BCUT2D eigenvalue weighted by atomic mass is 10.1. The molecule has 0 radical (unpaired) electrons. The number of amides is 1. The van der Waals surface area contributed by atoms with Crippen molar-refractivity contribution >= 4 is 22.5 Å². The Morgan fingerprint density at radius 3 is 2.49 bits per heavy atom. The highest BCUT2D eigenvalue weighted by Gasteiger charge is 2.13. The van der Waals surface area contributed by atoms with Gasteiger partial charge in [-0.3, -0.25) is 14.2 Å². The maximum atomic E-state index is 13.4. The van der Waals surface area contributed by atoms with Crippen molar-refractivity contribution in [2.24, 2.45) is 0 Å². The van der Waals surface area contributed by atoms with Gasteiger partial charge in [-0.2, -0.15) is 0 Å². The lowest BCUT2D eigenvalue weighted by molar-refractivity contribution is 0.102. The summed E-state index contributed by atoms with van der Waals surface area (Å²) in [4.78, 5) is 33.0. The van der Waals surface area contributed by atoms with Crippen molar-refractivity contribution < 1.29 is 9.53 Å². The van der Waals surface area contributed by atoms with E-state index in [-0.39, 0.29) is 11.5 Å². The molecule has 0 atom stereocenters. The van der Waals surface area contributed by atoms with Crippen LogP contribution in [0.2, 0.25) is 0 Å². The number of aryl methyl sites for hydroxylation is 1. The fourth-order valence-corrected chi connectivity index (χ4v) is 4.82. The van der Waals surface area contributed by atoms with Crippen LogP contribution >= 0.6 is 0 Å². The number of hydrogen-bond acceptors (Lipinski definition) is 5. The van der Waals surface area contributed by atoms with Gasteiger partial charge >= 0.3 is 0 Å². The first-order valence-corrected chi connectivity index (χ1v) is 12.9. The number of nitrogens with zero attached hydrogens (tertiary/aromatic N) is 3. The minimum absolute atomic E-state index is 0.154. The molecular weight excluding hydrogens is 464 g/mol. The van der Waals surface area contributed by atoms with Crippen LogP contribution in [0.15, 0.2) is 77.6 Å². The number of ether oxygens (including phenoxy) is 1. The van der Waals surface area contributed by atoms with Crippen molar-refractivity contribution in [1.29, 1.82) is 0 Å². The molecule has 190 valence electrons. The van der Waals surface area contributed by atoms with Gasteiger partial charge < -0.3 is 15.0 Å². The van der Waals surface area contributed by atoms with E-state index in [0.29, 0.717) is 34.6 Å². The van der Waals surface area contributed by atoms with E-state index >= 15 is 0 Å². The van der Waals surface area contributed by atoms with Crippen LogP contribution in [0, 0.1) is 6.92 Å². The van der Waals surface area contributed by atoms with E-state index < -0.39 is 0 Å². The van der Waals surface area contributed by atoms with E-state index in [1.165, 1.54) is 32.4 Å². The first kappa shape index (κ1) is 24.7. The zero-order chi connectivity index (χ0) is 25.6. The van der Waals surface area contributed by atoms with Crippen LogP contribution in [-0.2, 0) is 0 Å². The summed E-state index contributed by atoms with van der Waals surface area (Å²) in [6.45, 7) is 5.96. The summed E-state index contributed by atoms with van der Waals surface area (Å²) in [6, 6.07) is 21.7. The lowest BCUT2D eigenvalue weighted by Crippen LogP contribution is -2.31. The number of piperidine rings is 1. The number of carbonyl (C=O) groups excluding carboxylic acids is 1. The summed E-state index contributed by atoms with van der Waals surface area (Å²) < 4.78 is 7.53. The number of fused-ring (bicyclic) bond motifs is 1. The Labute approximate surface area is 216 Å². The van der Waals surface area contributed by atoms with E-state index in [0.717, 1.165) is 24.4 Å². The number of carbonyl (C=O) groups is 1. The zero-order valence-corrected chi connectivity index (χ0v) is 21.2. The molecule has 1 amide bonds. The van der Waals surface area contributed by atoms with Gasteiger partial charge in [-0.15, -0.1) is 0 Å². The molecule has 1 fully saturated rings. The fraction of sp³-hybridized carbons (Fsp3) is 0.300. The van der Waals surface area contributed by atoms with Crippen molar-refractivity contribution in [3.8, 4) is 11.4 Å². The van der Waals surface area contributed by atoms with Gasteiger partial charge in [0.25, 0.3) is 11.5 Å². The summed E-state index contributed by atoms with van der Waals surface area (Å²) in [5.74, 6) is 1.15. The van der Waals surface area contributed by atoms with Gasteiger partial charge in [0.2, 0.25) is 0 Å². The number of hydrogen-bond donors (Lipinski definition) is 1. The van der Waals surface area contributed by atoms with E-state index in [1.54, 1.807) is 41.8 Å². The van der Waals surface area contributed by atoms with Crippen LogP contribution in [0.25, 0.3) is 16.6 Å². The van der Waals surface area contributed by atoms with Gasteiger partial charge in [0.05, 0.1) is 23.2 Å². The number of anilines is 1. The smallest absolute Gasteiger partial charge is 0.265 e. The summed E-state index contributed by atoms with van der Waals surface area (Å²) in [5, 5.41) is 3.36. The Morgan fingerprint density at radius 1 is 0.973 bits per heavy atom. The van der Waals surface area contributed by atoms with Crippen LogP contribution in [-0.4, -0.2) is 46.6 Å². The second-order valence-corrected chi connectivity index (χ2v) is 9.45. The summed E-state index contributed by atoms with van der Waals surface area (Å²) in [7, 11) is 0. The van der Waals surface area contributed by atoms with Gasteiger partial charge in [0, 0.05) is 17.8 Å². The second kappa shape index (κ2) is 11.4. The van der Waals surface area contributed by atoms with Gasteiger partial charge in [0.15, 0.2) is 0 Å². The van der Waals surface area contributed by atoms with E-state index in [1.807, 2.05) is 42.5 Å². The Balaban J connectivity index is 1.27. The molecule has 7 nitrogen and oxygen atoms in total. The molecule has 1 aliphatic rings. The third kappa shape index (κ3) is 5.89. The Bertz CT molecular complexity index is 1430. The van der Waals surface area contributed by atoms with Crippen molar-refractivity contribution in [2.75, 3.05) is 31.6 Å². The van der Waals surface area contributed by atoms with E-state index in [4.69, 9.17) is 4.74 Å². The molecule has 0 saturated carbocycles. The molecule has 1 aliphatic heterocycles. The Hall–Kier alpha value is -3.97. The van der Waals surface area contributed by atoms with Crippen molar-refractivity contribution in [2.45, 2.75) is 32.6 Å². The molecular formula is C30H32N4O3. The molecule has 5 rings (SSSR count). The topological polar surface area (TPSA) is 76.5 Å². The quantitative estimate of drug-likeness (QED) is 0.339. The molecule has 1 saturated heterocycles.